The van der Waals surface area contributed by atoms with Gasteiger partial charge in [0.15, 0.2) is 0 Å². The molecule has 0 spiro atoms. The van der Waals surface area contributed by atoms with E-state index in [0.29, 0.717) is 23.4 Å². The van der Waals surface area contributed by atoms with Gasteiger partial charge >= 0.3 is 0 Å². The van der Waals surface area contributed by atoms with Crippen molar-refractivity contribution in [1.29, 1.82) is 0 Å². The summed E-state index contributed by atoms with van der Waals surface area (Å²) in [6, 6.07) is 4.71. The van der Waals surface area contributed by atoms with Gasteiger partial charge in [-0.15, -0.1) is 0 Å². The van der Waals surface area contributed by atoms with E-state index < -0.39 is 5.60 Å². The van der Waals surface area contributed by atoms with Crippen LogP contribution in [0.25, 0.3) is 0 Å². The first-order valence-electron chi connectivity index (χ1n) is 6.16. The van der Waals surface area contributed by atoms with Gasteiger partial charge < -0.3 is 10.4 Å². The number of hydrogen-bond acceptors (Lipinski definition) is 2. The Kier molecular flexibility index (Phi) is 5.76. The van der Waals surface area contributed by atoms with Crippen LogP contribution in [0.1, 0.15) is 26.3 Å². The Labute approximate surface area is 117 Å². The van der Waals surface area contributed by atoms with Crippen molar-refractivity contribution in [3.8, 4) is 0 Å². The normalized spacial score (nSPS) is 14.8. The fourth-order valence-corrected chi connectivity index (χ4v) is 2.36. The summed E-state index contributed by atoms with van der Waals surface area (Å²) in [4.78, 5) is 0. The fraction of sp³-hybridized carbons (Fsp3) is 0.571. The van der Waals surface area contributed by atoms with Gasteiger partial charge in [-0.05, 0) is 43.1 Å². The Bertz CT molecular complexity index is 373. The van der Waals surface area contributed by atoms with Crippen molar-refractivity contribution < 1.29 is 9.50 Å². The van der Waals surface area contributed by atoms with E-state index in [-0.39, 0.29) is 5.82 Å². The van der Waals surface area contributed by atoms with E-state index in [2.05, 4.69) is 35.1 Å². The largest absolute Gasteiger partial charge is 0.389 e. The molecule has 0 heterocycles. The third-order valence-electron chi connectivity index (χ3n) is 2.57. The first-order chi connectivity index (χ1) is 8.28. The van der Waals surface area contributed by atoms with Crippen LogP contribution < -0.4 is 5.32 Å². The van der Waals surface area contributed by atoms with Gasteiger partial charge in [0, 0.05) is 17.4 Å². The third kappa shape index (κ3) is 5.94. The topological polar surface area (TPSA) is 32.3 Å². The average Bonchev–Trinajstić information content (AvgIpc) is 2.12. The van der Waals surface area contributed by atoms with E-state index in [0.717, 1.165) is 12.1 Å². The van der Waals surface area contributed by atoms with Crippen LogP contribution in [0, 0.1) is 11.7 Å². The molecule has 0 aliphatic carbocycles. The second-order valence-corrected chi connectivity index (χ2v) is 6.39. The number of benzene rings is 1. The summed E-state index contributed by atoms with van der Waals surface area (Å²) in [5.74, 6) is 0.259. The summed E-state index contributed by atoms with van der Waals surface area (Å²) in [5.41, 5.74) is -0.0829. The lowest BCUT2D eigenvalue weighted by Gasteiger charge is -2.24. The molecule has 102 valence electrons. The molecule has 1 unspecified atom stereocenters. The molecule has 0 radical (unpaired) electrons. The molecule has 1 atom stereocenters. The molecule has 1 aromatic rings. The Balaban J connectivity index is 2.58. The van der Waals surface area contributed by atoms with Gasteiger partial charge in [-0.1, -0.05) is 29.8 Å². The second kappa shape index (κ2) is 6.64. The van der Waals surface area contributed by atoms with Crippen molar-refractivity contribution >= 4 is 15.9 Å². The van der Waals surface area contributed by atoms with E-state index in [4.69, 9.17) is 0 Å². The quantitative estimate of drug-likeness (QED) is 0.845. The SMILES string of the molecule is CC(C)CNCC(C)(O)Cc1cc(F)cc(Br)c1. The molecule has 0 saturated heterocycles. The van der Waals surface area contributed by atoms with E-state index in [1.165, 1.54) is 12.1 Å². The molecule has 0 fully saturated rings. The molecule has 0 aliphatic rings. The molecule has 0 saturated carbocycles. The molecule has 4 heteroatoms. The summed E-state index contributed by atoms with van der Waals surface area (Å²) in [7, 11) is 0. The maximum atomic E-state index is 13.2. The van der Waals surface area contributed by atoms with Gasteiger partial charge in [-0.3, -0.25) is 0 Å². The summed E-state index contributed by atoms with van der Waals surface area (Å²) in [5, 5.41) is 13.5. The highest BCUT2D eigenvalue weighted by atomic mass is 79.9. The van der Waals surface area contributed by atoms with Crippen molar-refractivity contribution in [3.05, 3.63) is 34.1 Å². The van der Waals surface area contributed by atoms with Gasteiger partial charge in [-0.25, -0.2) is 4.39 Å². The number of hydrogen-bond donors (Lipinski definition) is 2. The first-order valence-corrected chi connectivity index (χ1v) is 6.96. The smallest absolute Gasteiger partial charge is 0.124 e. The monoisotopic (exact) mass is 317 g/mol. The molecule has 18 heavy (non-hydrogen) atoms. The fourth-order valence-electron chi connectivity index (χ4n) is 1.85. The molecular weight excluding hydrogens is 297 g/mol. The lowest BCUT2D eigenvalue weighted by molar-refractivity contribution is 0.0595. The maximum absolute atomic E-state index is 13.2. The maximum Gasteiger partial charge on any atom is 0.124 e. The van der Waals surface area contributed by atoms with Crippen LogP contribution in [-0.4, -0.2) is 23.8 Å². The Hall–Kier alpha value is -0.450. The lowest BCUT2D eigenvalue weighted by Crippen LogP contribution is -2.40. The Morgan fingerprint density at radius 1 is 1.39 bits per heavy atom. The average molecular weight is 318 g/mol. The van der Waals surface area contributed by atoms with Crippen molar-refractivity contribution in [2.75, 3.05) is 13.1 Å². The zero-order valence-electron chi connectivity index (χ0n) is 11.1. The predicted octanol–water partition coefficient (Wildman–Crippen LogP) is 3.13. The van der Waals surface area contributed by atoms with Crippen molar-refractivity contribution in [2.24, 2.45) is 5.92 Å². The first kappa shape index (κ1) is 15.6. The minimum atomic E-state index is -0.873. The zero-order valence-corrected chi connectivity index (χ0v) is 12.7. The van der Waals surface area contributed by atoms with E-state index in [1.54, 1.807) is 6.92 Å². The van der Waals surface area contributed by atoms with Crippen molar-refractivity contribution in [2.45, 2.75) is 32.8 Å². The summed E-state index contributed by atoms with van der Waals surface area (Å²) >= 11 is 3.25. The summed E-state index contributed by atoms with van der Waals surface area (Å²) in [6.45, 7) is 7.36. The standard InChI is InChI=1S/C14H21BrFNO/c1-10(2)8-17-9-14(3,18)7-11-4-12(15)6-13(16)5-11/h4-6,10,17-18H,7-9H2,1-3H3. The van der Waals surface area contributed by atoms with E-state index in [9.17, 15) is 9.50 Å². The number of aliphatic hydroxyl groups is 1. The van der Waals surface area contributed by atoms with Crippen molar-refractivity contribution in [1.82, 2.24) is 5.32 Å². The molecule has 0 bridgehead atoms. The van der Waals surface area contributed by atoms with Gasteiger partial charge in [0.1, 0.15) is 5.82 Å². The molecule has 0 aliphatic heterocycles. The van der Waals surface area contributed by atoms with Gasteiger partial charge in [0.2, 0.25) is 0 Å². The highest BCUT2D eigenvalue weighted by Crippen LogP contribution is 2.19. The summed E-state index contributed by atoms with van der Waals surface area (Å²) in [6.07, 6.45) is 0.425. The lowest BCUT2D eigenvalue weighted by atomic mass is 9.96. The highest BCUT2D eigenvalue weighted by molar-refractivity contribution is 9.10. The number of nitrogens with one attached hydrogen (secondary N) is 1. The minimum absolute atomic E-state index is 0.287. The van der Waals surface area contributed by atoms with Crippen LogP contribution in [0.15, 0.2) is 22.7 Å². The zero-order chi connectivity index (χ0) is 13.8. The molecule has 0 amide bonds. The predicted molar refractivity (Wildman–Crippen MR) is 76.1 cm³/mol. The minimum Gasteiger partial charge on any atom is -0.389 e. The van der Waals surface area contributed by atoms with Crippen LogP contribution in [0.2, 0.25) is 0 Å². The van der Waals surface area contributed by atoms with Crippen LogP contribution in [-0.2, 0) is 6.42 Å². The van der Waals surface area contributed by atoms with Crippen molar-refractivity contribution in [3.63, 3.8) is 0 Å². The van der Waals surface area contributed by atoms with Crippen LogP contribution in [0.3, 0.4) is 0 Å². The molecular formula is C14H21BrFNO. The van der Waals surface area contributed by atoms with E-state index >= 15 is 0 Å². The van der Waals surface area contributed by atoms with Crippen LogP contribution in [0.5, 0.6) is 0 Å². The van der Waals surface area contributed by atoms with E-state index in [1.807, 2.05) is 6.07 Å². The van der Waals surface area contributed by atoms with Crippen LogP contribution in [0.4, 0.5) is 4.39 Å². The molecule has 2 N–H and O–H groups in total. The molecule has 1 aromatic carbocycles. The van der Waals surface area contributed by atoms with Gasteiger partial charge in [-0.2, -0.15) is 0 Å². The summed E-state index contributed by atoms with van der Waals surface area (Å²) < 4.78 is 13.9. The Morgan fingerprint density at radius 2 is 2.06 bits per heavy atom. The molecule has 1 rings (SSSR count). The Morgan fingerprint density at radius 3 is 2.61 bits per heavy atom. The molecule has 0 aromatic heterocycles. The van der Waals surface area contributed by atoms with Gasteiger partial charge in [0.05, 0.1) is 5.60 Å². The highest BCUT2D eigenvalue weighted by Gasteiger charge is 2.21. The van der Waals surface area contributed by atoms with Crippen LogP contribution >= 0.6 is 15.9 Å². The third-order valence-corrected chi connectivity index (χ3v) is 3.02. The van der Waals surface area contributed by atoms with Gasteiger partial charge in [0.25, 0.3) is 0 Å². The number of halogens is 2. The second-order valence-electron chi connectivity index (χ2n) is 5.48. The molecule has 2 nitrogen and oxygen atoms in total. The number of rotatable bonds is 6.